The van der Waals surface area contributed by atoms with Gasteiger partial charge in [-0.05, 0) is 37.7 Å². The fraction of sp³-hybridized carbons (Fsp3) is 0.407. The average Bonchev–Trinajstić information content (AvgIpc) is 3.59. The molecule has 1 aromatic carbocycles. The third-order valence-electron chi connectivity index (χ3n) is 7.80. The summed E-state index contributed by atoms with van der Waals surface area (Å²) in [7, 11) is 3.99. The van der Waals surface area contributed by atoms with Gasteiger partial charge >= 0.3 is 0 Å². The molecule has 37 heavy (non-hydrogen) atoms. The second kappa shape index (κ2) is 8.39. The molecule has 3 aliphatic rings. The molecule has 2 aliphatic heterocycles. The van der Waals surface area contributed by atoms with Crippen LogP contribution in [0.5, 0.6) is 0 Å². The molecular formula is C27H29N7O3. The first kappa shape index (κ1) is 22.4. The summed E-state index contributed by atoms with van der Waals surface area (Å²) in [6.07, 6.45) is 4.75. The number of likely N-dealkylation sites (N-methyl/N-ethyl adjacent to an activating group) is 1. The maximum Gasteiger partial charge on any atom is 0.229 e. The molecular weight excluding hydrogens is 470 g/mol. The van der Waals surface area contributed by atoms with Crippen molar-refractivity contribution < 1.29 is 13.9 Å². The van der Waals surface area contributed by atoms with Gasteiger partial charge in [0.15, 0.2) is 5.58 Å². The lowest BCUT2D eigenvalue weighted by Crippen LogP contribution is -2.58. The standard InChI is InChI=1S/C27H29N7O3/c1-29-26-20-8-30-22(18-6-19(18)25(28)35)7-17(20)21(9-31-26)27-32-23-5-14(3-4-24(23)37-27)34-12-15-10-33(2)11-16(13-34)36-15/h3-5,7-9,15-16,18-19H,6,10-13H2,1-2H3,(H2,28,35)(H,29,31). The number of benzene rings is 1. The fourth-order valence-corrected chi connectivity index (χ4v) is 5.89. The number of amides is 1. The number of ether oxygens (including phenoxy) is 1. The maximum atomic E-state index is 11.6. The van der Waals surface area contributed by atoms with Crippen molar-refractivity contribution in [3.05, 3.63) is 42.4 Å². The van der Waals surface area contributed by atoms with E-state index in [9.17, 15) is 4.79 Å². The smallest absolute Gasteiger partial charge is 0.229 e. The zero-order chi connectivity index (χ0) is 25.3. The summed E-state index contributed by atoms with van der Waals surface area (Å²) >= 11 is 0. The molecule has 190 valence electrons. The Labute approximate surface area is 213 Å². The van der Waals surface area contributed by atoms with E-state index >= 15 is 0 Å². The van der Waals surface area contributed by atoms with E-state index < -0.39 is 0 Å². The summed E-state index contributed by atoms with van der Waals surface area (Å²) in [6.45, 7) is 3.62. The Kier molecular flexibility index (Phi) is 5.09. The van der Waals surface area contributed by atoms with Gasteiger partial charge in [0.05, 0.1) is 17.8 Å². The molecule has 0 spiro atoms. The number of oxazole rings is 1. The zero-order valence-corrected chi connectivity index (χ0v) is 20.8. The Bertz CT molecular complexity index is 1520. The number of pyridine rings is 2. The molecule has 4 atom stereocenters. The molecule has 2 bridgehead atoms. The van der Waals surface area contributed by atoms with Gasteiger partial charge in [-0.25, -0.2) is 9.97 Å². The van der Waals surface area contributed by atoms with Crippen molar-refractivity contribution in [3.8, 4) is 11.5 Å². The summed E-state index contributed by atoms with van der Waals surface area (Å²) in [6, 6.07) is 8.20. The van der Waals surface area contributed by atoms with Gasteiger partial charge in [-0.3, -0.25) is 9.78 Å². The zero-order valence-electron chi connectivity index (χ0n) is 20.8. The molecule has 3 fully saturated rings. The predicted molar refractivity (Wildman–Crippen MR) is 141 cm³/mol. The monoisotopic (exact) mass is 499 g/mol. The molecule has 4 aromatic rings. The van der Waals surface area contributed by atoms with Crippen molar-refractivity contribution in [1.29, 1.82) is 0 Å². The third kappa shape index (κ3) is 3.87. The summed E-state index contributed by atoms with van der Waals surface area (Å²) in [5.74, 6) is 0.861. The van der Waals surface area contributed by atoms with Crippen LogP contribution in [0.15, 0.2) is 41.1 Å². The number of nitrogens with one attached hydrogen (secondary N) is 1. The van der Waals surface area contributed by atoms with Gasteiger partial charge in [-0.2, -0.15) is 0 Å². The van der Waals surface area contributed by atoms with E-state index in [-0.39, 0.29) is 30.0 Å². The molecule has 5 heterocycles. The number of morpholine rings is 2. The Morgan fingerprint density at radius 3 is 2.62 bits per heavy atom. The molecule has 4 unspecified atom stereocenters. The number of hydrogen-bond donors (Lipinski definition) is 2. The van der Waals surface area contributed by atoms with Crippen LogP contribution < -0.4 is 16.0 Å². The summed E-state index contributed by atoms with van der Waals surface area (Å²) < 4.78 is 12.4. The van der Waals surface area contributed by atoms with E-state index in [4.69, 9.17) is 19.9 Å². The minimum Gasteiger partial charge on any atom is -0.436 e. The number of rotatable bonds is 5. The van der Waals surface area contributed by atoms with Crippen molar-refractivity contribution in [2.75, 3.05) is 50.5 Å². The van der Waals surface area contributed by atoms with E-state index in [0.717, 1.165) is 77.2 Å². The number of nitrogens with zero attached hydrogens (tertiary/aromatic N) is 5. The minimum atomic E-state index is -0.275. The van der Waals surface area contributed by atoms with Crippen molar-refractivity contribution in [2.45, 2.75) is 24.5 Å². The number of nitrogens with two attached hydrogens (primary N) is 1. The highest BCUT2D eigenvalue weighted by molar-refractivity contribution is 6.01. The molecule has 1 aliphatic carbocycles. The molecule has 10 heteroatoms. The lowest BCUT2D eigenvalue weighted by molar-refractivity contribution is -0.119. The van der Waals surface area contributed by atoms with E-state index in [1.807, 2.05) is 19.2 Å². The van der Waals surface area contributed by atoms with Gasteiger partial charge in [-0.1, -0.05) is 0 Å². The van der Waals surface area contributed by atoms with Crippen LogP contribution in [0.3, 0.4) is 0 Å². The Morgan fingerprint density at radius 1 is 1.08 bits per heavy atom. The van der Waals surface area contributed by atoms with Gasteiger partial charge < -0.3 is 30.0 Å². The highest BCUT2D eigenvalue weighted by Gasteiger charge is 2.44. The third-order valence-corrected chi connectivity index (χ3v) is 7.80. The average molecular weight is 500 g/mol. The van der Waals surface area contributed by atoms with E-state index in [1.54, 1.807) is 12.4 Å². The van der Waals surface area contributed by atoms with E-state index in [1.165, 1.54) is 0 Å². The normalized spacial score (nSPS) is 25.5. The van der Waals surface area contributed by atoms with Crippen LogP contribution in [0.25, 0.3) is 33.3 Å². The van der Waals surface area contributed by atoms with Crippen molar-refractivity contribution in [2.24, 2.45) is 11.7 Å². The SMILES string of the molecule is CNc1ncc(-c2nc3cc(N4CC5CN(C)CC(C4)O5)ccc3o2)c2cc(C3CC3C(N)=O)ncc12. The van der Waals surface area contributed by atoms with Gasteiger partial charge in [-0.15, -0.1) is 0 Å². The lowest BCUT2D eigenvalue weighted by atomic mass is 10.1. The Morgan fingerprint density at radius 2 is 1.89 bits per heavy atom. The first-order valence-electron chi connectivity index (χ1n) is 12.7. The van der Waals surface area contributed by atoms with Crippen molar-refractivity contribution in [1.82, 2.24) is 19.9 Å². The van der Waals surface area contributed by atoms with Crippen LogP contribution in [0.1, 0.15) is 18.0 Å². The molecule has 1 amide bonds. The second-order valence-electron chi connectivity index (χ2n) is 10.5. The van der Waals surface area contributed by atoms with Gasteiger partial charge in [0.25, 0.3) is 0 Å². The highest BCUT2D eigenvalue weighted by atomic mass is 16.5. The number of anilines is 2. The molecule has 0 radical (unpaired) electrons. The van der Waals surface area contributed by atoms with E-state index in [0.29, 0.717) is 5.89 Å². The van der Waals surface area contributed by atoms with Gasteiger partial charge in [0.1, 0.15) is 11.3 Å². The molecule has 7 rings (SSSR count). The summed E-state index contributed by atoms with van der Waals surface area (Å²) in [4.78, 5) is 30.5. The number of fused-ring (bicyclic) bond motifs is 4. The van der Waals surface area contributed by atoms with Gasteiger partial charge in [0.2, 0.25) is 11.8 Å². The molecule has 3 N–H and O–H groups in total. The van der Waals surface area contributed by atoms with E-state index in [2.05, 4.69) is 44.3 Å². The van der Waals surface area contributed by atoms with Crippen LogP contribution in [-0.4, -0.2) is 78.2 Å². The van der Waals surface area contributed by atoms with Crippen molar-refractivity contribution in [3.63, 3.8) is 0 Å². The number of aromatic nitrogens is 3. The Balaban J connectivity index is 1.25. The topological polar surface area (TPSA) is 123 Å². The number of carbonyl (C=O) groups is 1. The fourth-order valence-electron chi connectivity index (χ4n) is 5.89. The first-order chi connectivity index (χ1) is 18.0. The summed E-state index contributed by atoms with van der Waals surface area (Å²) in [5, 5.41) is 4.93. The lowest BCUT2D eigenvalue weighted by Gasteiger charge is -2.45. The highest BCUT2D eigenvalue weighted by Crippen LogP contribution is 2.47. The number of carbonyl (C=O) groups excluding carboxylic acids is 1. The predicted octanol–water partition coefficient (Wildman–Crippen LogP) is 2.59. The Hall–Kier alpha value is -3.76. The molecule has 1 saturated carbocycles. The summed E-state index contributed by atoms with van der Waals surface area (Å²) in [5.41, 5.74) is 9.82. The quantitative estimate of drug-likeness (QED) is 0.426. The number of primary amides is 1. The van der Waals surface area contributed by atoms with Crippen LogP contribution in [0, 0.1) is 5.92 Å². The van der Waals surface area contributed by atoms with Crippen LogP contribution in [0.4, 0.5) is 11.5 Å². The first-order valence-corrected chi connectivity index (χ1v) is 12.7. The number of hydrogen-bond acceptors (Lipinski definition) is 9. The molecule has 10 nitrogen and oxygen atoms in total. The largest absolute Gasteiger partial charge is 0.436 e. The second-order valence-corrected chi connectivity index (χ2v) is 10.5. The van der Waals surface area contributed by atoms with Crippen LogP contribution >= 0.6 is 0 Å². The molecule has 2 saturated heterocycles. The van der Waals surface area contributed by atoms with Crippen LogP contribution in [0.2, 0.25) is 0 Å². The maximum absolute atomic E-state index is 11.6. The van der Waals surface area contributed by atoms with Gasteiger partial charge in [0, 0.05) is 79.6 Å². The minimum absolute atomic E-state index is 0.0555. The molecule has 3 aromatic heterocycles. The van der Waals surface area contributed by atoms with Crippen LogP contribution in [-0.2, 0) is 9.53 Å². The van der Waals surface area contributed by atoms with Crippen molar-refractivity contribution >= 4 is 39.3 Å².